The van der Waals surface area contributed by atoms with E-state index in [0.717, 1.165) is 12.8 Å². The van der Waals surface area contributed by atoms with E-state index < -0.39 is 0 Å². The molecule has 1 aromatic rings. The average Bonchev–Trinajstić information content (AvgIpc) is 2.33. The molecule has 102 valence electrons. The fraction of sp³-hybridized carbons (Fsp3) is 0.462. The summed E-state index contributed by atoms with van der Waals surface area (Å²) in [4.78, 5) is 11.8. The van der Waals surface area contributed by atoms with Gasteiger partial charge in [-0.05, 0) is 44.0 Å². The Bertz CT molecular complexity index is 374. The molecule has 3 N–H and O–H groups in total. The van der Waals surface area contributed by atoms with E-state index >= 15 is 0 Å². The Hall–Kier alpha value is -1.13. The lowest BCUT2D eigenvalue weighted by Gasteiger charge is -2.12. The summed E-state index contributed by atoms with van der Waals surface area (Å²) in [6.45, 7) is 3.03. The standard InChI is InChI=1S/C13H19FN2O.ClH/c1-10(11-5-4-6-12(14)9-11)13(17)16-8-3-2-7-15;/h4-6,9-10H,2-3,7-8,15H2,1H3,(H,16,17);1H. The van der Waals surface area contributed by atoms with E-state index in [0.29, 0.717) is 18.7 Å². The van der Waals surface area contributed by atoms with Crippen molar-refractivity contribution in [3.05, 3.63) is 35.6 Å². The maximum Gasteiger partial charge on any atom is 0.227 e. The highest BCUT2D eigenvalue weighted by Crippen LogP contribution is 2.16. The van der Waals surface area contributed by atoms with Crippen molar-refractivity contribution in [3.63, 3.8) is 0 Å². The summed E-state index contributed by atoms with van der Waals surface area (Å²) >= 11 is 0. The minimum Gasteiger partial charge on any atom is -0.356 e. The minimum absolute atomic E-state index is 0. The Morgan fingerprint density at radius 3 is 2.78 bits per heavy atom. The van der Waals surface area contributed by atoms with Crippen molar-refractivity contribution in [2.75, 3.05) is 13.1 Å². The molecule has 0 aliphatic heterocycles. The molecule has 0 radical (unpaired) electrons. The quantitative estimate of drug-likeness (QED) is 0.782. The van der Waals surface area contributed by atoms with Crippen LogP contribution in [0.1, 0.15) is 31.2 Å². The second kappa shape index (κ2) is 8.89. The van der Waals surface area contributed by atoms with Gasteiger partial charge in [-0.15, -0.1) is 12.4 Å². The molecule has 0 aromatic heterocycles. The largest absolute Gasteiger partial charge is 0.356 e. The molecule has 0 aliphatic carbocycles. The molecule has 18 heavy (non-hydrogen) atoms. The summed E-state index contributed by atoms with van der Waals surface area (Å²) in [5.74, 6) is -0.721. The number of carbonyl (C=O) groups is 1. The average molecular weight is 275 g/mol. The van der Waals surface area contributed by atoms with Crippen LogP contribution in [0.15, 0.2) is 24.3 Å². The number of unbranched alkanes of at least 4 members (excludes halogenated alkanes) is 1. The van der Waals surface area contributed by atoms with Gasteiger partial charge in [-0.1, -0.05) is 12.1 Å². The van der Waals surface area contributed by atoms with Crippen LogP contribution in [0, 0.1) is 5.82 Å². The van der Waals surface area contributed by atoms with Gasteiger partial charge in [0.25, 0.3) is 0 Å². The van der Waals surface area contributed by atoms with Crippen LogP contribution in [0.4, 0.5) is 4.39 Å². The van der Waals surface area contributed by atoms with Crippen molar-refractivity contribution in [1.29, 1.82) is 0 Å². The third-order valence-electron chi connectivity index (χ3n) is 2.67. The van der Waals surface area contributed by atoms with Crippen molar-refractivity contribution < 1.29 is 9.18 Å². The van der Waals surface area contributed by atoms with Gasteiger partial charge in [0.2, 0.25) is 5.91 Å². The van der Waals surface area contributed by atoms with Gasteiger partial charge in [0.15, 0.2) is 0 Å². The molecule has 0 heterocycles. The van der Waals surface area contributed by atoms with Gasteiger partial charge >= 0.3 is 0 Å². The van der Waals surface area contributed by atoms with Crippen molar-refractivity contribution >= 4 is 18.3 Å². The van der Waals surface area contributed by atoms with E-state index in [1.807, 2.05) is 0 Å². The van der Waals surface area contributed by atoms with Gasteiger partial charge in [-0.25, -0.2) is 4.39 Å². The SMILES string of the molecule is CC(C(=O)NCCCCN)c1cccc(F)c1.Cl. The molecule has 0 saturated carbocycles. The summed E-state index contributed by atoms with van der Waals surface area (Å²) in [5.41, 5.74) is 6.05. The number of hydrogen-bond acceptors (Lipinski definition) is 2. The Kier molecular flexibility index (Phi) is 8.33. The number of benzene rings is 1. The smallest absolute Gasteiger partial charge is 0.227 e. The second-order valence-electron chi connectivity index (χ2n) is 4.06. The predicted molar refractivity (Wildman–Crippen MR) is 73.4 cm³/mol. The zero-order valence-electron chi connectivity index (χ0n) is 10.5. The van der Waals surface area contributed by atoms with Gasteiger partial charge in [-0.2, -0.15) is 0 Å². The van der Waals surface area contributed by atoms with Crippen LogP contribution in [0.3, 0.4) is 0 Å². The maximum absolute atomic E-state index is 13.0. The monoisotopic (exact) mass is 274 g/mol. The Balaban J connectivity index is 0.00000289. The first-order valence-corrected chi connectivity index (χ1v) is 5.88. The van der Waals surface area contributed by atoms with Gasteiger partial charge < -0.3 is 11.1 Å². The number of rotatable bonds is 6. The number of nitrogens with two attached hydrogens (primary N) is 1. The van der Waals surface area contributed by atoms with Crippen LogP contribution < -0.4 is 11.1 Å². The molecule has 1 aromatic carbocycles. The lowest BCUT2D eigenvalue weighted by Crippen LogP contribution is -2.29. The van der Waals surface area contributed by atoms with Gasteiger partial charge in [0.1, 0.15) is 5.82 Å². The molecule has 1 unspecified atom stereocenters. The van der Waals surface area contributed by atoms with Crippen molar-refractivity contribution in [2.24, 2.45) is 5.73 Å². The number of nitrogens with one attached hydrogen (secondary N) is 1. The third-order valence-corrected chi connectivity index (χ3v) is 2.67. The molecule has 3 nitrogen and oxygen atoms in total. The van der Waals surface area contributed by atoms with Crippen molar-refractivity contribution in [2.45, 2.75) is 25.7 Å². The van der Waals surface area contributed by atoms with E-state index in [2.05, 4.69) is 5.32 Å². The Morgan fingerprint density at radius 1 is 1.44 bits per heavy atom. The number of amides is 1. The summed E-state index contributed by atoms with van der Waals surface area (Å²) in [7, 11) is 0. The minimum atomic E-state index is -0.330. The molecule has 0 fully saturated rings. The van der Waals surface area contributed by atoms with E-state index in [1.165, 1.54) is 12.1 Å². The lowest BCUT2D eigenvalue weighted by molar-refractivity contribution is -0.122. The first kappa shape index (κ1) is 16.9. The normalized spacial score (nSPS) is 11.5. The Labute approximate surface area is 113 Å². The first-order valence-electron chi connectivity index (χ1n) is 5.88. The first-order chi connectivity index (χ1) is 8.15. The van der Waals surface area contributed by atoms with Crippen molar-refractivity contribution in [1.82, 2.24) is 5.32 Å². The number of halogens is 2. The van der Waals surface area contributed by atoms with E-state index in [1.54, 1.807) is 19.1 Å². The zero-order valence-corrected chi connectivity index (χ0v) is 11.3. The van der Waals surface area contributed by atoms with Gasteiger partial charge in [0, 0.05) is 6.54 Å². The Morgan fingerprint density at radius 2 is 2.17 bits per heavy atom. The highest BCUT2D eigenvalue weighted by atomic mass is 35.5. The van der Waals surface area contributed by atoms with E-state index in [-0.39, 0.29) is 30.0 Å². The highest BCUT2D eigenvalue weighted by Gasteiger charge is 2.14. The van der Waals surface area contributed by atoms with Crippen LogP contribution in [0.5, 0.6) is 0 Å². The predicted octanol–water partition coefficient (Wildman–Crippen LogP) is 2.21. The molecular formula is C13H20ClFN2O. The second-order valence-corrected chi connectivity index (χ2v) is 4.06. The lowest BCUT2D eigenvalue weighted by atomic mass is 10.0. The van der Waals surface area contributed by atoms with Crippen LogP contribution in [0.25, 0.3) is 0 Å². The van der Waals surface area contributed by atoms with Crippen LogP contribution in [-0.4, -0.2) is 19.0 Å². The van der Waals surface area contributed by atoms with Crippen molar-refractivity contribution in [3.8, 4) is 0 Å². The summed E-state index contributed by atoms with van der Waals surface area (Å²) in [6.07, 6.45) is 1.77. The van der Waals surface area contributed by atoms with Crippen LogP contribution in [0.2, 0.25) is 0 Å². The fourth-order valence-electron chi connectivity index (χ4n) is 1.56. The summed E-state index contributed by atoms with van der Waals surface area (Å²) in [5, 5.41) is 2.82. The molecule has 0 saturated heterocycles. The summed E-state index contributed by atoms with van der Waals surface area (Å²) < 4.78 is 13.0. The van der Waals surface area contributed by atoms with Crippen LogP contribution >= 0.6 is 12.4 Å². The molecule has 0 bridgehead atoms. The molecule has 1 amide bonds. The van der Waals surface area contributed by atoms with Crippen LogP contribution in [-0.2, 0) is 4.79 Å². The molecule has 1 rings (SSSR count). The van der Waals surface area contributed by atoms with Gasteiger partial charge in [-0.3, -0.25) is 4.79 Å². The molecule has 0 spiro atoms. The molecular weight excluding hydrogens is 255 g/mol. The molecule has 0 aliphatic rings. The maximum atomic E-state index is 13.0. The molecule has 1 atom stereocenters. The van der Waals surface area contributed by atoms with E-state index in [9.17, 15) is 9.18 Å². The number of carbonyl (C=O) groups excluding carboxylic acids is 1. The topological polar surface area (TPSA) is 55.1 Å². The molecule has 5 heteroatoms. The summed E-state index contributed by atoms with van der Waals surface area (Å²) in [6, 6.07) is 6.13. The highest BCUT2D eigenvalue weighted by molar-refractivity contribution is 5.85. The van der Waals surface area contributed by atoms with Gasteiger partial charge in [0.05, 0.1) is 5.92 Å². The number of hydrogen-bond donors (Lipinski definition) is 2. The van der Waals surface area contributed by atoms with E-state index in [4.69, 9.17) is 5.73 Å². The fourth-order valence-corrected chi connectivity index (χ4v) is 1.56. The zero-order chi connectivity index (χ0) is 12.7. The third kappa shape index (κ3) is 5.47.